The Morgan fingerprint density at radius 1 is 1.47 bits per heavy atom. The maximum atomic E-state index is 11.7. The van der Waals surface area contributed by atoms with Crippen molar-refractivity contribution in [2.24, 2.45) is 11.7 Å². The highest BCUT2D eigenvalue weighted by molar-refractivity contribution is 5.80. The summed E-state index contributed by atoms with van der Waals surface area (Å²) in [7, 11) is 0. The molecular formula is C11H21N3O. The summed E-state index contributed by atoms with van der Waals surface area (Å²) in [6.45, 7) is 7.08. The topological polar surface area (TPSA) is 49.6 Å². The molecule has 1 aliphatic heterocycles. The Labute approximate surface area is 91.4 Å². The quantitative estimate of drug-likeness (QED) is 0.724. The first kappa shape index (κ1) is 10.9. The van der Waals surface area contributed by atoms with E-state index in [0.29, 0.717) is 6.54 Å². The van der Waals surface area contributed by atoms with Gasteiger partial charge in [0.25, 0.3) is 0 Å². The Morgan fingerprint density at radius 3 is 2.67 bits per heavy atom. The molecule has 2 fully saturated rings. The average Bonchev–Trinajstić information content (AvgIpc) is 2.77. The molecule has 0 aromatic heterocycles. The fraction of sp³-hybridized carbons (Fsp3) is 0.909. The number of carbonyl (C=O) groups is 1. The molecule has 4 nitrogen and oxygen atoms in total. The lowest BCUT2D eigenvalue weighted by Gasteiger charge is -2.25. The van der Waals surface area contributed by atoms with Crippen LogP contribution in [0.15, 0.2) is 0 Å². The number of nitrogens with zero attached hydrogens (tertiary/aromatic N) is 2. The van der Waals surface area contributed by atoms with Crippen molar-refractivity contribution < 1.29 is 4.79 Å². The van der Waals surface area contributed by atoms with Crippen LogP contribution in [-0.2, 0) is 4.79 Å². The third kappa shape index (κ3) is 3.18. The van der Waals surface area contributed by atoms with Gasteiger partial charge in [-0.1, -0.05) is 0 Å². The van der Waals surface area contributed by atoms with E-state index in [9.17, 15) is 4.79 Å². The predicted octanol–water partition coefficient (Wildman–Crippen LogP) is 0.235. The molecule has 2 N–H and O–H groups in total. The molecule has 0 spiro atoms. The molecule has 0 unspecified atom stereocenters. The molecule has 15 heavy (non-hydrogen) atoms. The maximum absolute atomic E-state index is 11.7. The zero-order chi connectivity index (χ0) is 11.1. The van der Waals surface area contributed by atoms with E-state index in [1.807, 2.05) is 18.7 Å². The van der Waals surface area contributed by atoms with Gasteiger partial charge in [-0.25, -0.2) is 0 Å². The van der Waals surface area contributed by atoms with Crippen LogP contribution in [0.3, 0.4) is 0 Å². The molecule has 0 aromatic carbocycles. The van der Waals surface area contributed by atoms with Gasteiger partial charge in [0.2, 0.25) is 5.91 Å². The second-order valence-corrected chi connectivity index (χ2v) is 5.68. The van der Waals surface area contributed by atoms with E-state index in [1.165, 1.54) is 12.8 Å². The number of hydrogen-bond donors (Lipinski definition) is 1. The first-order valence-electron chi connectivity index (χ1n) is 5.73. The molecule has 86 valence electrons. The zero-order valence-corrected chi connectivity index (χ0v) is 9.70. The molecule has 0 radical (unpaired) electrons. The monoisotopic (exact) mass is 211 g/mol. The Kier molecular flexibility index (Phi) is 2.73. The van der Waals surface area contributed by atoms with Crippen LogP contribution in [0.1, 0.15) is 26.7 Å². The van der Waals surface area contributed by atoms with Crippen molar-refractivity contribution in [3.05, 3.63) is 0 Å². The summed E-state index contributed by atoms with van der Waals surface area (Å²) in [6.07, 6.45) is 2.60. The fourth-order valence-corrected chi connectivity index (χ4v) is 2.12. The number of hydrogen-bond acceptors (Lipinski definition) is 3. The highest BCUT2D eigenvalue weighted by Crippen LogP contribution is 2.30. The Morgan fingerprint density at radius 2 is 2.13 bits per heavy atom. The summed E-state index contributed by atoms with van der Waals surface area (Å²) < 4.78 is 0. The standard InChI is InChI=1S/C11H21N3O/c1-11(2,12)7-13-6-10(15)14(8-13)5-9-3-4-9/h9H,3-8,12H2,1-2H3. The van der Waals surface area contributed by atoms with Gasteiger partial charge in [-0.3, -0.25) is 9.69 Å². The van der Waals surface area contributed by atoms with Crippen LogP contribution in [0, 0.1) is 5.92 Å². The molecule has 0 atom stereocenters. The summed E-state index contributed by atoms with van der Waals surface area (Å²) in [5.74, 6) is 1.05. The lowest BCUT2D eigenvalue weighted by atomic mass is 10.1. The predicted molar refractivity (Wildman–Crippen MR) is 59.1 cm³/mol. The molecular weight excluding hydrogens is 190 g/mol. The van der Waals surface area contributed by atoms with Gasteiger partial charge in [-0.05, 0) is 32.6 Å². The molecule has 1 saturated heterocycles. The van der Waals surface area contributed by atoms with Crippen molar-refractivity contribution in [3.8, 4) is 0 Å². The first-order chi connectivity index (χ1) is 6.94. The number of amides is 1. The van der Waals surface area contributed by atoms with Crippen LogP contribution in [0.2, 0.25) is 0 Å². The Bertz CT molecular complexity index is 255. The fourth-order valence-electron chi connectivity index (χ4n) is 2.12. The first-order valence-corrected chi connectivity index (χ1v) is 5.73. The van der Waals surface area contributed by atoms with Gasteiger partial charge in [0, 0.05) is 18.6 Å². The van der Waals surface area contributed by atoms with Crippen molar-refractivity contribution in [2.75, 3.05) is 26.3 Å². The van der Waals surface area contributed by atoms with Gasteiger partial charge in [-0.15, -0.1) is 0 Å². The largest absolute Gasteiger partial charge is 0.328 e. The van der Waals surface area contributed by atoms with E-state index in [-0.39, 0.29) is 11.4 Å². The van der Waals surface area contributed by atoms with Crippen LogP contribution < -0.4 is 5.73 Å². The van der Waals surface area contributed by atoms with Gasteiger partial charge < -0.3 is 10.6 Å². The minimum absolute atomic E-state index is 0.212. The summed E-state index contributed by atoms with van der Waals surface area (Å²) >= 11 is 0. The zero-order valence-electron chi connectivity index (χ0n) is 9.70. The SMILES string of the molecule is CC(C)(N)CN1CC(=O)N(CC2CC2)C1. The average molecular weight is 211 g/mol. The molecule has 1 amide bonds. The smallest absolute Gasteiger partial charge is 0.237 e. The molecule has 0 aromatic rings. The van der Waals surface area contributed by atoms with Crippen LogP contribution in [0.4, 0.5) is 0 Å². The lowest BCUT2D eigenvalue weighted by Crippen LogP contribution is -2.45. The number of nitrogens with two attached hydrogens (primary N) is 1. The van der Waals surface area contributed by atoms with Gasteiger partial charge in [-0.2, -0.15) is 0 Å². The van der Waals surface area contributed by atoms with E-state index in [2.05, 4.69) is 4.90 Å². The van der Waals surface area contributed by atoms with Gasteiger partial charge in [0.05, 0.1) is 13.2 Å². The number of carbonyl (C=O) groups excluding carboxylic acids is 1. The van der Waals surface area contributed by atoms with Crippen molar-refractivity contribution in [1.29, 1.82) is 0 Å². The maximum Gasteiger partial charge on any atom is 0.237 e. The molecule has 1 aliphatic carbocycles. The van der Waals surface area contributed by atoms with E-state index in [4.69, 9.17) is 5.73 Å². The molecule has 1 heterocycles. The molecule has 2 rings (SSSR count). The highest BCUT2D eigenvalue weighted by Gasteiger charge is 2.33. The third-order valence-electron chi connectivity index (χ3n) is 2.89. The van der Waals surface area contributed by atoms with Crippen LogP contribution in [0.5, 0.6) is 0 Å². The van der Waals surface area contributed by atoms with Crippen molar-refractivity contribution in [2.45, 2.75) is 32.2 Å². The van der Waals surface area contributed by atoms with Gasteiger partial charge in [0.1, 0.15) is 0 Å². The lowest BCUT2D eigenvalue weighted by molar-refractivity contribution is -0.126. The molecule has 0 bridgehead atoms. The van der Waals surface area contributed by atoms with E-state index in [0.717, 1.165) is 25.7 Å². The van der Waals surface area contributed by atoms with Crippen molar-refractivity contribution >= 4 is 5.91 Å². The molecule has 1 saturated carbocycles. The molecule has 4 heteroatoms. The molecule has 2 aliphatic rings. The summed E-state index contributed by atoms with van der Waals surface area (Å²) in [5.41, 5.74) is 5.74. The van der Waals surface area contributed by atoms with Crippen LogP contribution in [0.25, 0.3) is 0 Å². The van der Waals surface area contributed by atoms with Gasteiger partial charge >= 0.3 is 0 Å². The Hall–Kier alpha value is -0.610. The summed E-state index contributed by atoms with van der Waals surface area (Å²) in [4.78, 5) is 15.8. The minimum atomic E-state index is -0.212. The van der Waals surface area contributed by atoms with Crippen molar-refractivity contribution in [1.82, 2.24) is 9.80 Å². The number of rotatable bonds is 4. The minimum Gasteiger partial charge on any atom is -0.328 e. The highest BCUT2D eigenvalue weighted by atomic mass is 16.2. The van der Waals surface area contributed by atoms with Crippen LogP contribution in [-0.4, -0.2) is 47.5 Å². The second-order valence-electron chi connectivity index (χ2n) is 5.68. The summed E-state index contributed by atoms with van der Waals surface area (Å²) in [5, 5.41) is 0. The normalized spacial score (nSPS) is 23.9. The third-order valence-corrected chi connectivity index (χ3v) is 2.89. The Balaban J connectivity index is 1.82. The van der Waals surface area contributed by atoms with Gasteiger partial charge in [0.15, 0.2) is 0 Å². The van der Waals surface area contributed by atoms with Crippen LogP contribution >= 0.6 is 0 Å². The van der Waals surface area contributed by atoms with Crippen molar-refractivity contribution in [3.63, 3.8) is 0 Å². The van der Waals surface area contributed by atoms with E-state index < -0.39 is 0 Å². The second kappa shape index (κ2) is 3.76. The van der Waals surface area contributed by atoms with E-state index >= 15 is 0 Å². The van der Waals surface area contributed by atoms with E-state index in [1.54, 1.807) is 0 Å². The summed E-state index contributed by atoms with van der Waals surface area (Å²) in [6, 6.07) is 0.